The maximum atomic E-state index is 12.2. The van der Waals surface area contributed by atoms with Crippen molar-refractivity contribution in [1.82, 2.24) is 0 Å². The SMILES string of the molecule is Cc1cccc(O[C@H](C)C(=O)O[C@@H](C)C(=O)Nc2ccc(C#N)c(Cl)c2)c1. The summed E-state index contributed by atoms with van der Waals surface area (Å²) < 4.78 is 10.7. The maximum Gasteiger partial charge on any atom is 0.347 e. The number of anilines is 1. The van der Waals surface area contributed by atoms with E-state index in [0.29, 0.717) is 17.0 Å². The largest absolute Gasteiger partial charge is 0.479 e. The number of carbonyl (C=O) groups excluding carboxylic acids is 2. The van der Waals surface area contributed by atoms with Crippen molar-refractivity contribution in [2.45, 2.75) is 33.0 Å². The Balaban J connectivity index is 1.92. The van der Waals surface area contributed by atoms with Gasteiger partial charge in [-0.05, 0) is 56.7 Å². The van der Waals surface area contributed by atoms with Gasteiger partial charge < -0.3 is 14.8 Å². The summed E-state index contributed by atoms with van der Waals surface area (Å²) in [6.07, 6.45) is -1.90. The lowest BCUT2D eigenvalue weighted by Gasteiger charge is -2.18. The molecule has 0 saturated heterocycles. The molecule has 6 nitrogen and oxygen atoms in total. The minimum absolute atomic E-state index is 0.222. The van der Waals surface area contributed by atoms with Gasteiger partial charge in [0.1, 0.15) is 11.8 Å². The van der Waals surface area contributed by atoms with E-state index >= 15 is 0 Å². The van der Waals surface area contributed by atoms with Gasteiger partial charge in [0.15, 0.2) is 12.2 Å². The Morgan fingerprint density at radius 3 is 2.52 bits per heavy atom. The highest BCUT2D eigenvalue weighted by Gasteiger charge is 2.23. The van der Waals surface area contributed by atoms with Crippen molar-refractivity contribution in [3.05, 3.63) is 58.6 Å². The number of benzene rings is 2. The first-order chi connectivity index (χ1) is 12.8. The van der Waals surface area contributed by atoms with Crippen LogP contribution in [0.3, 0.4) is 0 Å². The molecule has 0 unspecified atom stereocenters. The number of aryl methyl sites for hydroxylation is 1. The third kappa shape index (κ3) is 5.73. The summed E-state index contributed by atoms with van der Waals surface area (Å²) in [6.45, 7) is 4.92. The first kappa shape index (κ1) is 20.3. The summed E-state index contributed by atoms with van der Waals surface area (Å²) in [5, 5.41) is 11.7. The van der Waals surface area contributed by atoms with Crippen molar-refractivity contribution in [2.24, 2.45) is 0 Å². The number of amides is 1. The molecule has 0 radical (unpaired) electrons. The predicted molar refractivity (Wildman–Crippen MR) is 102 cm³/mol. The minimum atomic E-state index is -1.03. The summed E-state index contributed by atoms with van der Waals surface area (Å²) in [6, 6.07) is 13.7. The van der Waals surface area contributed by atoms with E-state index in [2.05, 4.69) is 5.32 Å². The van der Waals surface area contributed by atoms with Crippen LogP contribution >= 0.6 is 11.6 Å². The van der Waals surface area contributed by atoms with Crippen LogP contribution in [0, 0.1) is 18.3 Å². The number of esters is 1. The normalized spacial score (nSPS) is 12.4. The topological polar surface area (TPSA) is 88.4 Å². The van der Waals surface area contributed by atoms with E-state index in [1.165, 1.54) is 19.1 Å². The van der Waals surface area contributed by atoms with Crippen LogP contribution in [0.2, 0.25) is 5.02 Å². The predicted octanol–water partition coefficient (Wildman–Crippen LogP) is 3.86. The minimum Gasteiger partial charge on any atom is -0.479 e. The highest BCUT2D eigenvalue weighted by molar-refractivity contribution is 6.32. The quantitative estimate of drug-likeness (QED) is 0.761. The molecular formula is C20H19ClN2O4. The molecule has 0 saturated carbocycles. The fourth-order valence-corrected chi connectivity index (χ4v) is 2.41. The molecule has 0 aliphatic heterocycles. The van der Waals surface area contributed by atoms with Gasteiger partial charge in [-0.25, -0.2) is 4.79 Å². The number of halogens is 1. The van der Waals surface area contributed by atoms with E-state index in [1.807, 2.05) is 25.1 Å². The molecule has 140 valence electrons. The highest BCUT2D eigenvalue weighted by Crippen LogP contribution is 2.20. The van der Waals surface area contributed by atoms with Crippen LogP contribution in [0.1, 0.15) is 25.0 Å². The average Bonchev–Trinajstić information content (AvgIpc) is 2.61. The molecule has 0 bridgehead atoms. The third-order valence-corrected chi connectivity index (χ3v) is 3.97. The lowest BCUT2D eigenvalue weighted by atomic mass is 10.2. The molecule has 2 aromatic carbocycles. The average molecular weight is 387 g/mol. The van der Waals surface area contributed by atoms with E-state index in [4.69, 9.17) is 26.3 Å². The fraction of sp³-hybridized carbons (Fsp3) is 0.250. The second kappa shape index (κ2) is 9.06. The Morgan fingerprint density at radius 2 is 1.89 bits per heavy atom. The lowest BCUT2D eigenvalue weighted by molar-refractivity contribution is -0.159. The van der Waals surface area contributed by atoms with Crippen molar-refractivity contribution in [3.63, 3.8) is 0 Å². The Kier molecular flexibility index (Phi) is 6.80. The van der Waals surface area contributed by atoms with Gasteiger partial charge in [0.2, 0.25) is 0 Å². The number of hydrogen-bond acceptors (Lipinski definition) is 5. The third-order valence-electron chi connectivity index (χ3n) is 3.65. The van der Waals surface area contributed by atoms with Crippen LogP contribution in [0.15, 0.2) is 42.5 Å². The molecule has 0 heterocycles. The standard InChI is InChI=1S/C20H19ClN2O4/c1-12-5-4-6-17(9-12)26-14(3)20(25)27-13(2)19(24)23-16-8-7-15(11-22)18(21)10-16/h4-10,13-14H,1-3H3,(H,23,24)/t13-,14+/m0/s1. The van der Waals surface area contributed by atoms with E-state index in [0.717, 1.165) is 5.56 Å². The van der Waals surface area contributed by atoms with E-state index in [9.17, 15) is 9.59 Å². The number of nitrogens with one attached hydrogen (secondary N) is 1. The molecular weight excluding hydrogens is 368 g/mol. The van der Waals surface area contributed by atoms with Crippen molar-refractivity contribution < 1.29 is 19.1 Å². The van der Waals surface area contributed by atoms with Crippen LogP contribution in [-0.2, 0) is 14.3 Å². The van der Waals surface area contributed by atoms with Crippen molar-refractivity contribution >= 4 is 29.2 Å². The number of ether oxygens (including phenoxy) is 2. The lowest BCUT2D eigenvalue weighted by Crippen LogP contribution is -2.35. The van der Waals surface area contributed by atoms with Gasteiger partial charge in [-0.1, -0.05) is 23.7 Å². The summed E-state index contributed by atoms with van der Waals surface area (Å²) in [5.74, 6) is -0.632. The molecule has 7 heteroatoms. The molecule has 2 aromatic rings. The molecule has 0 aliphatic rings. The zero-order valence-corrected chi connectivity index (χ0v) is 15.9. The Bertz CT molecular complexity index is 892. The Labute approximate surface area is 162 Å². The number of nitrogens with zero attached hydrogens (tertiary/aromatic N) is 1. The summed E-state index contributed by atoms with van der Waals surface area (Å²) in [4.78, 5) is 24.4. The van der Waals surface area contributed by atoms with Crippen LogP contribution < -0.4 is 10.1 Å². The van der Waals surface area contributed by atoms with Gasteiger partial charge in [-0.2, -0.15) is 5.26 Å². The molecule has 0 spiro atoms. The van der Waals surface area contributed by atoms with Crippen molar-refractivity contribution in [3.8, 4) is 11.8 Å². The highest BCUT2D eigenvalue weighted by atomic mass is 35.5. The van der Waals surface area contributed by atoms with Crippen LogP contribution in [0.25, 0.3) is 0 Å². The van der Waals surface area contributed by atoms with Gasteiger partial charge in [-0.15, -0.1) is 0 Å². The zero-order valence-electron chi connectivity index (χ0n) is 15.2. The van der Waals surface area contributed by atoms with E-state index < -0.39 is 24.1 Å². The summed E-state index contributed by atoms with van der Waals surface area (Å²) in [5.41, 5.74) is 1.70. The van der Waals surface area contributed by atoms with Crippen LogP contribution in [0.5, 0.6) is 5.75 Å². The summed E-state index contributed by atoms with van der Waals surface area (Å²) >= 11 is 5.93. The fourth-order valence-electron chi connectivity index (χ4n) is 2.19. The molecule has 0 fully saturated rings. The molecule has 0 aliphatic carbocycles. The van der Waals surface area contributed by atoms with Gasteiger partial charge in [0, 0.05) is 5.69 Å². The zero-order chi connectivity index (χ0) is 20.0. The number of rotatable bonds is 6. The maximum absolute atomic E-state index is 12.2. The first-order valence-electron chi connectivity index (χ1n) is 8.24. The van der Waals surface area contributed by atoms with Gasteiger partial charge >= 0.3 is 5.97 Å². The molecule has 2 atom stereocenters. The number of hydrogen-bond donors (Lipinski definition) is 1. The van der Waals surface area contributed by atoms with Gasteiger partial charge in [0.05, 0.1) is 10.6 Å². The van der Waals surface area contributed by atoms with E-state index in [1.54, 1.807) is 25.1 Å². The molecule has 27 heavy (non-hydrogen) atoms. The smallest absolute Gasteiger partial charge is 0.347 e. The number of carbonyl (C=O) groups is 2. The second-order valence-electron chi connectivity index (χ2n) is 5.95. The molecule has 0 aromatic heterocycles. The monoisotopic (exact) mass is 386 g/mol. The first-order valence-corrected chi connectivity index (χ1v) is 8.62. The Morgan fingerprint density at radius 1 is 1.15 bits per heavy atom. The van der Waals surface area contributed by atoms with Crippen LogP contribution in [0.4, 0.5) is 5.69 Å². The van der Waals surface area contributed by atoms with Gasteiger partial charge in [-0.3, -0.25) is 4.79 Å². The van der Waals surface area contributed by atoms with Crippen LogP contribution in [-0.4, -0.2) is 24.1 Å². The molecule has 1 N–H and O–H groups in total. The van der Waals surface area contributed by atoms with Crippen molar-refractivity contribution in [1.29, 1.82) is 5.26 Å². The molecule has 2 rings (SSSR count). The number of nitriles is 1. The van der Waals surface area contributed by atoms with Crippen molar-refractivity contribution in [2.75, 3.05) is 5.32 Å². The Hall–Kier alpha value is -3.04. The summed E-state index contributed by atoms with van der Waals surface area (Å²) in [7, 11) is 0. The second-order valence-corrected chi connectivity index (χ2v) is 6.36. The van der Waals surface area contributed by atoms with Gasteiger partial charge in [0.25, 0.3) is 5.91 Å². The van der Waals surface area contributed by atoms with E-state index in [-0.39, 0.29) is 5.02 Å². The molecule has 1 amide bonds.